The van der Waals surface area contributed by atoms with E-state index in [2.05, 4.69) is 28.7 Å². The van der Waals surface area contributed by atoms with E-state index >= 15 is 0 Å². The zero-order chi connectivity index (χ0) is 12.4. The molecule has 0 aliphatic carbocycles. The maximum absolute atomic E-state index is 11.7. The Bertz CT molecular complexity index is 442. The molecule has 0 aromatic heterocycles. The maximum atomic E-state index is 11.7. The molecule has 17 heavy (non-hydrogen) atoms. The zero-order valence-electron chi connectivity index (χ0n) is 9.66. The number of carbonyl (C=O) groups is 1. The lowest BCUT2D eigenvalue weighted by Gasteiger charge is -2.13. The molecule has 0 amide bonds. The molecule has 0 spiro atoms. The van der Waals surface area contributed by atoms with E-state index in [1.807, 2.05) is 36.5 Å². The van der Waals surface area contributed by atoms with Crippen LogP contribution in [-0.4, -0.2) is 24.6 Å². The average Bonchev–Trinajstić information content (AvgIpc) is 2.85. The van der Waals surface area contributed by atoms with Crippen LogP contribution in [0.5, 0.6) is 0 Å². The Hall–Kier alpha value is 0.120. The highest BCUT2D eigenvalue weighted by Crippen LogP contribution is 2.46. The summed E-state index contributed by atoms with van der Waals surface area (Å²) in [5.74, 6) is 2.13. The normalized spacial score (nSPS) is 16.2. The fourth-order valence-electron chi connectivity index (χ4n) is 1.74. The van der Waals surface area contributed by atoms with Crippen molar-refractivity contribution in [1.29, 1.82) is 0 Å². The van der Waals surface area contributed by atoms with Gasteiger partial charge in [-0.1, -0.05) is 6.07 Å². The van der Waals surface area contributed by atoms with Crippen molar-refractivity contribution in [2.75, 3.05) is 18.6 Å². The second kappa shape index (κ2) is 5.84. The van der Waals surface area contributed by atoms with Gasteiger partial charge in [-0.15, -0.1) is 23.5 Å². The van der Waals surface area contributed by atoms with Gasteiger partial charge in [-0.25, -0.2) is 4.79 Å². The minimum Gasteiger partial charge on any atom is -0.465 e. The zero-order valence-corrected chi connectivity index (χ0v) is 13.4. The van der Waals surface area contributed by atoms with Gasteiger partial charge in [0, 0.05) is 15.1 Å². The average molecular weight is 380 g/mol. The summed E-state index contributed by atoms with van der Waals surface area (Å²) in [6, 6.07) is 4.17. The van der Waals surface area contributed by atoms with Crippen LogP contribution in [0.15, 0.2) is 12.1 Å². The molecule has 1 saturated heterocycles. The number of hydrogen-bond donors (Lipinski definition) is 0. The number of methoxy groups -OCH3 is 1. The number of ether oxygens (including phenoxy) is 1. The van der Waals surface area contributed by atoms with Crippen molar-refractivity contribution < 1.29 is 9.53 Å². The van der Waals surface area contributed by atoms with Crippen molar-refractivity contribution in [1.82, 2.24) is 0 Å². The number of esters is 1. The monoisotopic (exact) mass is 380 g/mol. The first-order valence-corrected chi connectivity index (χ1v) is 8.42. The summed E-state index contributed by atoms with van der Waals surface area (Å²) in [5, 5.41) is 0. The predicted molar refractivity (Wildman–Crippen MR) is 82.9 cm³/mol. The molecule has 1 aliphatic rings. The molecule has 0 N–H and O–H groups in total. The highest BCUT2D eigenvalue weighted by Gasteiger charge is 2.22. The van der Waals surface area contributed by atoms with Crippen LogP contribution in [0.25, 0.3) is 0 Å². The number of halogens is 1. The quantitative estimate of drug-likeness (QED) is 0.575. The number of hydrogen-bond acceptors (Lipinski definition) is 4. The Morgan fingerprint density at radius 2 is 2.06 bits per heavy atom. The van der Waals surface area contributed by atoms with Gasteiger partial charge >= 0.3 is 5.97 Å². The molecule has 0 bridgehead atoms. The first-order chi connectivity index (χ1) is 8.13. The molecule has 2 nitrogen and oxygen atoms in total. The fraction of sp³-hybridized carbons (Fsp3) is 0.417. The van der Waals surface area contributed by atoms with Crippen molar-refractivity contribution in [3.05, 3.63) is 32.4 Å². The van der Waals surface area contributed by atoms with Gasteiger partial charge in [0.1, 0.15) is 0 Å². The van der Waals surface area contributed by atoms with Gasteiger partial charge in [-0.05, 0) is 46.7 Å². The number of thioether (sulfide) groups is 2. The van der Waals surface area contributed by atoms with Gasteiger partial charge in [-0.3, -0.25) is 0 Å². The Labute approximate surface area is 123 Å². The summed E-state index contributed by atoms with van der Waals surface area (Å²) in [6.07, 6.45) is 0. The lowest BCUT2D eigenvalue weighted by atomic mass is 10.1. The van der Waals surface area contributed by atoms with E-state index in [4.69, 9.17) is 4.74 Å². The van der Waals surface area contributed by atoms with E-state index < -0.39 is 0 Å². The minimum absolute atomic E-state index is 0.243. The molecular formula is C12H13IO2S2. The largest absolute Gasteiger partial charge is 0.465 e. The summed E-state index contributed by atoms with van der Waals surface area (Å²) >= 11 is 6.10. The molecule has 1 heterocycles. The Balaban J connectivity index is 2.41. The van der Waals surface area contributed by atoms with Crippen LogP contribution in [-0.2, 0) is 4.74 Å². The molecule has 1 aromatic carbocycles. The second-order valence-corrected chi connectivity index (χ2v) is 7.57. The third-order valence-electron chi connectivity index (χ3n) is 2.58. The number of carbonyl (C=O) groups excluding carboxylic acids is 1. The van der Waals surface area contributed by atoms with Crippen LogP contribution in [0.1, 0.15) is 26.1 Å². The summed E-state index contributed by atoms with van der Waals surface area (Å²) in [5.41, 5.74) is 3.07. The number of rotatable bonds is 2. The van der Waals surface area contributed by atoms with Gasteiger partial charge in [0.25, 0.3) is 0 Å². The van der Waals surface area contributed by atoms with Gasteiger partial charge in [0.2, 0.25) is 0 Å². The van der Waals surface area contributed by atoms with E-state index in [0.29, 0.717) is 10.1 Å². The molecule has 1 fully saturated rings. The van der Waals surface area contributed by atoms with Crippen LogP contribution in [0.2, 0.25) is 0 Å². The van der Waals surface area contributed by atoms with E-state index in [0.717, 1.165) is 9.13 Å². The smallest absolute Gasteiger partial charge is 0.338 e. The molecule has 5 heteroatoms. The molecular weight excluding hydrogens is 367 g/mol. The fourth-order valence-corrected chi connectivity index (χ4v) is 5.09. The first-order valence-electron chi connectivity index (χ1n) is 5.25. The van der Waals surface area contributed by atoms with E-state index in [1.165, 1.54) is 24.2 Å². The summed E-state index contributed by atoms with van der Waals surface area (Å²) in [4.78, 5) is 11.7. The number of aryl methyl sites for hydroxylation is 1. The highest BCUT2D eigenvalue weighted by atomic mass is 127. The Morgan fingerprint density at radius 1 is 1.41 bits per heavy atom. The van der Waals surface area contributed by atoms with E-state index in [1.54, 1.807) is 0 Å². The number of benzene rings is 1. The van der Waals surface area contributed by atoms with Crippen molar-refractivity contribution in [2.24, 2.45) is 0 Å². The summed E-state index contributed by atoms with van der Waals surface area (Å²) in [6.45, 7) is 2.04. The third-order valence-corrected chi connectivity index (χ3v) is 7.11. The molecule has 2 rings (SSSR count). The molecule has 0 atom stereocenters. The standard InChI is InChI=1S/C12H13IO2S2/c1-7-5-8(12-16-3-4-17-12)6-9(10(7)13)11(14)15-2/h5-6,12H,3-4H2,1-2H3. The second-order valence-electron chi connectivity index (χ2n) is 3.76. The van der Waals surface area contributed by atoms with Crippen molar-refractivity contribution in [2.45, 2.75) is 11.5 Å². The van der Waals surface area contributed by atoms with Crippen LogP contribution in [0.4, 0.5) is 0 Å². The third kappa shape index (κ3) is 2.93. The Kier molecular flexibility index (Phi) is 4.65. The molecule has 0 saturated carbocycles. The topological polar surface area (TPSA) is 26.3 Å². The predicted octanol–water partition coefficient (Wildman–Crippen LogP) is 3.86. The molecule has 0 radical (unpaired) electrons. The maximum Gasteiger partial charge on any atom is 0.338 e. The van der Waals surface area contributed by atoms with Crippen molar-refractivity contribution in [3.8, 4) is 0 Å². The first kappa shape index (κ1) is 13.5. The van der Waals surface area contributed by atoms with Gasteiger partial charge in [0.05, 0.1) is 17.3 Å². The Morgan fingerprint density at radius 3 is 2.65 bits per heavy atom. The molecule has 92 valence electrons. The van der Waals surface area contributed by atoms with Crippen LogP contribution < -0.4 is 0 Å². The van der Waals surface area contributed by atoms with Crippen LogP contribution in [0.3, 0.4) is 0 Å². The summed E-state index contributed by atoms with van der Waals surface area (Å²) < 4.78 is 6.29. The van der Waals surface area contributed by atoms with Crippen molar-refractivity contribution in [3.63, 3.8) is 0 Å². The SMILES string of the molecule is COC(=O)c1cc(C2SCCS2)cc(C)c1I. The van der Waals surface area contributed by atoms with Crippen LogP contribution in [0, 0.1) is 10.5 Å². The highest BCUT2D eigenvalue weighted by molar-refractivity contribution is 14.1. The lowest BCUT2D eigenvalue weighted by molar-refractivity contribution is 0.0599. The van der Waals surface area contributed by atoms with Crippen LogP contribution >= 0.6 is 46.1 Å². The van der Waals surface area contributed by atoms with E-state index in [-0.39, 0.29) is 5.97 Å². The molecule has 0 unspecified atom stereocenters. The molecule has 1 aliphatic heterocycles. The van der Waals surface area contributed by atoms with E-state index in [9.17, 15) is 4.79 Å². The van der Waals surface area contributed by atoms with Gasteiger partial charge in [-0.2, -0.15) is 0 Å². The van der Waals surface area contributed by atoms with Crippen molar-refractivity contribution >= 4 is 52.1 Å². The van der Waals surface area contributed by atoms with Gasteiger partial charge < -0.3 is 4.74 Å². The molecule has 1 aromatic rings. The minimum atomic E-state index is -0.243. The van der Waals surface area contributed by atoms with Gasteiger partial charge in [0.15, 0.2) is 0 Å². The summed E-state index contributed by atoms with van der Waals surface area (Å²) in [7, 11) is 1.43. The lowest BCUT2D eigenvalue weighted by Crippen LogP contribution is -2.06.